The Morgan fingerprint density at radius 1 is 1.45 bits per heavy atom. The normalized spacial score (nSPS) is 10.5. The molecule has 1 aromatic carbocycles. The Balaban J connectivity index is 2.58. The molecule has 8 heteroatoms. The molecule has 3 N–H and O–H groups in total. The lowest BCUT2D eigenvalue weighted by Crippen LogP contribution is -2.10. The summed E-state index contributed by atoms with van der Waals surface area (Å²) in [4.78, 5) is 22.7. The number of carboxylic acids is 1. The first-order chi connectivity index (χ1) is 10.3. The van der Waals surface area contributed by atoms with Gasteiger partial charge in [0, 0.05) is 12.5 Å². The maximum atomic E-state index is 14.1. The lowest BCUT2D eigenvalue weighted by atomic mass is 10.1. The van der Waals surface area contributed by atoms with Gasteiger partial charge in [0.05, 0.1) is 10.6 Å². The van der Waals surface area contributed by atoms with Gasteiger partial charge < -0.3 is 15.6 Å². The zero-order valence-electron chi connectivity index (χ0n) is 11.4. The van der Waals surface area contributed by atoms with Crippen molar-refractivity contribution in [1.82, 2.24) is 0 Å². The number of nitrogens with two attached hydrogens (primary N) is 1. The van der Waals surface area contributed by atoms with Crippen LogP contribution in [0.15, 0.2) is 18.2 Å². The second-order valence-corrected chi connectivity index (χ2v) is 5.75. The summed E-state index contributed by atoms with van der Waals surface area (Å²) in [5.41, 5.74) is 5.59. The molecule has 0 amide bonds. The third-order valence-electron chi connectivity index (χ3n) is 2.74. The van der Waals surface area contributed by atoms with Gasteiger partial charge in [-0.05, 0) is 6.07 Å². The number of hydrogen-bond acceptors (Lipinski definition) is 5. The fraction of sp³-hybridized carbons (Fsp3) is 0.143. The number of benzene rings is 1. The summed E-state index contributed by atoms with van der Waals surface area (Å²) in [5.74, 6) is -2.29. The number of ketones is 1. The third kappa shape index (κ3) is 3.05. The van der Waals surface area contributed by atoms with Crippen molar-refractivity contribution in [1.29, 1.82) is 0 Å². The summed E-state index contributed by atoms with van der Waals surface area (Å²) < 4.78 is 19.2. The summed E-state index contributed by atoms with van der Waals surface area (Å²) >= 11 is 7.08. The van der Waals surface area contributed by atoms with Crippen LogP contribution in [0.4, 0.5) is 10.1 Å². The van der Waals surface area contributed by atoms with Crippen molar-refractivity contribution in [3.8, 4) is 16.2 Å². The highest BCUT2D eigenvalue weighted by molar-refractivity contribution is 7.18. The maximum Gasteiger partial charge on any atom is 0.341 e. The van der Waals surface area contributed by atoms with E-state index in [1.807, 2.05) is 0 Å². The minimum Gasteiger partial charge on any atom is -0.479 e. The molecule has 1 heterocycles. The van der Waals surface area contributed by atoms with E-state index < -0.39 is 18.4 Å². The first-order valence-corrected chi connectivity index (χ1v) is 7.24. The SMILES string of the molecule is CC(=O)c1sc(-c2cccc(N)c2F)c(Cl)c1OCC(=O)O. The molecular weight excluding hydrogens is 333 g/mol. The number of aliphatic carboxylic acids is 1. The number of hydrogen-bond donors (Lipinski definition) is 2. The third-order valence-corrected chi connectivity index (χ3v) is 4.52. The van der Waals surface area contributed by atoms with Gasteiger partial charge in [-0.15, -0.1) is 11.3 Å². The number of carboxylic acid groups (broad SMARTS) is 1. The van der Waals surface area contributed by atoms with Gasteiger partial charge in [-0.1, -0.05) is 23.7 Å². The Morgan fingerprint density at radius 3 is 2.73 bits per heavy atom. The van der Waals surface area contributed by atoms with Crippen LogP contribution in [0.2, 0.25) is 5.02 Å². The Bertz CT molecular complexity index is 760. The smallest absolute Gasteiger partial charge is 0.341 e. The first-order valence-electron chi connectivity index (χ1n) is 6.05. The number of ether oxygens (including phenoxy) is 1. The molecule has 2 rings (SSSR count). The van der Waals surface area contributed by atoms with Crippen molar-refractivity contribution in [3.05, 3.63) is 33.9 Å². The number of anilines is 1. The highest BCUT2D eigenvalue weighted by Crippen LogP contribution is 2.46. The molecule has 0 atom stereocenters. The van der Waals surface area contributed by atoms with Gasteiger partial charge in [0.2, 0.25) is 0 Å². The summed E-state index contributed by atoms with van der Waals surface area (Å²) in [6.45, 7) is 0.630. The lowest BCUT2D eigenvalue weighted by Gasteiger charge is -2.05. The van der Waals surface area contributed by atoms with Gasteiger partial charge in [0.25, 0.3) is 0 Å². The average Bonchev–Trinajstić information content (AvgIpc) is 2.77. The largest absolute Gasteiger partial charge is 0.479 e. The summed E-state index contributed by atoms with van der Waals surface area (Å²) in [6.07, 6.45) is 0. The molecule has 0 aliphatic carbocycles. The van der Waals surface area contributed by atoms with Crippen molar-refractivity contribution in [2.45, 2.75) is 6.92 Å². The summed E-state index contributed by atoms with van der Waals surface area (Å²) in [5, 5.41) is 8.66. The molecule has 0 saturated heterocycles. The van der Waals surface area contributed by atoms with Gasteiger partial charge in [-0.2, -0.15) is 0 Å². The van der Waals surface area contributed by atoms with Crippen LogP contribution in [0.3, 0.4) is 0 Å². The van der Waals surface area contributed by atoms with E-state index in [9.17, 15) is 14.0 Å². The highest BCUT2D eigenvalue weighted by atomic mass is 35.5. The Labute approximate surface area is 134 Å². The summed E-state index contributed by atoms with van der Waals surface area (Å²) in [6, 6.07) is 4.41. The summed E-state index contributed by atoms with van der Waals surface area (Å²) in [7, 11) is 0. The van der Waals surface area contributed by atoms with E-state index in [-0.39, 0.29) is 37.6 Å². The van der Waals surface area contributed by atoms with Gasteiger partial charge in [-0.25, -0.2) is 9.18 Å². The molecule has 0 fully saturated rings. The van der Waals surface area contributed by atoms with E-state index >= 15 is 0 Å². The van der Waals surface area contributed by atoms with Gasteiger partial charge >= 0.3 is 5.97 Å². The molecule has 1 aromatic heterocycles. The van der Waals surface area contributed by atoms with E-state index in [2.05, 4.69) is 0 Å². The molecule has 116 valence electrons. The monoisotopic (exact) mass is 343 g/mol. The fourth-order valence-corrected chi connectivity index (χ4v) is 3.26. The topological polar surface area (TPSA) is 89.6 Å². The predicted octanol–water partition coefficient (Wildman–Crippen LogP) is 3.46. The number of carbonyl (C=O) groups is 2. The van der Waals surface area contributed by atoms with Crippen molar-refractivity contribution in [2.24, 2.45) is 0 Å². The zero-order chi connectivity index (χ0) is 16.4. The molecule has 0 bridgehead atoms. The van der Waals surface area contributed by atoms with Crippen LogP contribution in [-0.4, -0.2) is 23.5 Å². The average molecular weight is 344 g/mol. The molecule has 0 aliphatic heterocycles. The van der Waals surface area contributed by atoms with Crippen LogP contribution in [0.1, 0.15) is 16.6 Å². The minimum atomic E-state index is -1.21. The van der Waals surface area contributed by atoms with E-state index in [1.165, 1.54) is 19.1 Å². The molecular formula is C14H11ClFNO4S. The van der Waals surface area contributed by atoms with E-state index in [1.54, 1.807) is 6.07 Å². The van der Waals surface area contributed by atoms with Crippen molar-refractivity contribution in [2.75, 3.05) is 12.3 Å². The quantitative estimate of drug-likeness (QED) is 0.641. The van der Waals surface area contributed by atoms with E-state index in [4.69, 9.17) is 27.2 Å². The predicted molar refractivity (Wildman–Crippen MR) is 82.3 cm³/mol. The second kappa shape index (κ2) is 6.33. The van der Waals surface area contributed by atoms with Crippen molar-refractivity contribution >= 4 is 40.4 Å². The molecule has 0 saturated carbocycles. The van der Waals surface area contributed by atoms with Crippen LogP contribution < -0.4 is 10.5 Å². The fourth-order valence-electron chi connectivity index (χ4n) is 1.79. The second-order valence-electron chi connectivity index (χ2n) is 4.35. The molecule has 22 heavy (non-hydrogen) atoms. The van der Waals surface area contributed by atoms with Crippen LogP contribution in [0, 0.1) is 5.82 Å². The molecule has 2 aromatic rings. The van der Waals surface area contributed by atoms with Crippen LogP contribution >= 0.6 is 22.9 Å². The van der Waals surface area contributed by atoms with Gasteiger partial charge in [0.1, 0.15) is 9.90 Å². The van der Waals surface area contributed by atoms with E-state index in [0.29, 0.717) is 0 Å². The number of Topliss-reactive ketones (excluding diaryl/α,β-unsaturated/α-hetero) is 1. The number of carbonyl (C=O) groups excluding carboxylic acids is 1. The molecule has 5 nitrogen and oxygen atoms in total. The molecule has 0 radical (unpaired) electrons. The Kier molecular flexibility index (Phi) is 4.68. The van der Waals surface area contributed by atoms with E-state index in [0.717, 1.165) is 11.3 Å². The Hall–Kier alpha value is -2.12. The number of halogens is 2. The number of nitrogen functional groups attached to an aromatic ring is 1. The molecule has 0 aliphatic rings. The van der Waals surface area contributed by atoms with Crippen LogP contribution in [-0.2, 0) is 4.79 Å². The first kappa shape index (κ1) is 16.3. The minimum absolute atomic E-state index is 0.0130. The van der Waals surface area contributed by atoms with Crippen LogP contribution in [0.5, 0.6) is 5.75 Å². The zero-order valence-corrected chi connectivity index (χ0v) is 12.9. The Morgan fingerprint density at radius 2 is 2.14 bits per heavy atom. The standard InChI is InChI=1S/C14H11ClFNO4S/c1-6(18)13-12(21-5-9(19)20)10(15)14(22-13)7-3-2-4-8(17)11(7)16/h2-4H,5,17H2,1H3,(H,19,20). The number of rotatable bonds is 5. The molecule has 0 unspecified atom stereocenters. The number of thiophene rings is 1. The van der Waals surface area contributed by atoms with Gasteiger partial charge in [-0.3, -0.25) is 4.79 Å². The van der Waals surface area contributed by atoms with Crippen LogP contribution in [0.25, 0.3) is 10.4 Å². The van der Waals surface area contributed by atoms with Gasteiger partial charge in [0.15, 0.2) is 24.0 Å². The lowest BCUT2D eigenvalue weighted by molar-refractivity contribution is -0.139. The van der Waals surface area contributed by atoms with Crippen molar-refractivity contribution < 1.29 is 23.8 Å². The maximum absolute atomic E-state index is 14.1. The van der Waals surface area contributed by atoms with Crippen molar-refractivity contribution in [3.63, 3.8) is 0 Å². The molecule has 0 spiro atoms. The highest BCUT2D eigenvalue weighted by Gasteiger charge is 2.24.